The second-order valence-electron chi connectivity index (χ2n) is 3.89. The molecule has 0 aromatic heterocycles. The molecule has 1 aromatic carbocycles. The number of nitrogens with zero attached hydrogens (tertiary/aromatic N) is 1. The Morgan fingerprint density at radius 1 is 1.39 bits per heavy atom. The van der Waals surface area contributed by atoms with Crippen LogP contribution >= 0.6 is 24.0 Å². The average Bonchev–Trinajstić information content (AvgIpc) is 2.39. The molecule has 18 heavy (non-hydrogen) atoms. The predicted molar refractivity (Wildman–Crippen MR) is 74.0 cm³/mol. The van der Waals surface area contributed by atoms with Gasteiger partial charge in [0.1, 0.15) is 5.75 Å². The van der Waals surface area contributed by atoms with Crippen LogP contribution < -0.4 is 10.1 Å². The van der Waals surface area contributed by atoms with Gasteiger partial charge >= 0.3 is 0 Å². The largest absolute Gasteiger partial charge is 0.496 e. The average molecular weight is 291 g/mol. The first kappa shape index (κ1) is 15.1. The number of amides is 1. The molecule has 2 rings (SSSR count). The van der Waals surface area contributed by atoms with E-state index in [1.807, 2.05) is 4.90 Å². The van der Waals surface area contributed by atoms with Gasteiger partial charge in [-0.05, 0) is 18.2 Å². The van der Waals surface area contributed by atoms with Gasteiger partial charge in [-0.1, -0.05) is 11.6 Å². The minimum absolute atomic E-state index is 0. The van der Waals surface area contributed by atoms with E-state index in [0.29, 0.717) is 29.4 Å². The lowest BCUT2D eigenvalue weighted by molar-refractivity contribution is 0.0732. The Bertz CT molecular complexity index is 421. The number of benzene rings is 1. The van der Waals surface area contributed by atoms with Gasteiger partial charge in [-0.3, -0.25) is 4.79 Å². The van der Waals surface area contributed by atoms with E-state index in [0.717, 1.165) is 13.1 Å². The summed E-state index contributed by atoms with van der Waals surface area (Å²) in [4.78, 5) is 14.1. The van der Waals surface area contributed by atoms with Crippen molar-refractivity contribution in [2.75, 3.05) is 33.3 Å². The maximum Gasteiger partial charge on any atom is 0.257 e. The number of carbonyl (C=O) groups excluding carboxylic acids is 1. The van der Waals surface area contributed by atoms with Gasteiger partial charge in [0.2, 0.25) is 0 Å². The Balaban J connectivity index is 0.00000162. The third kappa shape index (κ3) is 3.28. The lowest BCUT2D eigenvalue weighted by Crippen LogP contribution is -2.46. The molecule has 4 nitrogen and oxygen atoms in total. The first-order chi connectivity index (χ1) is 8.22. The van der Waals surface area contributed by atoms with Gasteiger partial charge in [0.05, 0.1) is 12.7 Å². The number of nitrogens with one attached hydrogen (secondary N) is 1. The Kier molecular flexibility index (Phi) is 5.72. The molecule has 1 amide bonds. The molecule has 1 aliphatic rings. The van der Waals surface area contributed by atoms with Crippen molar-refractivity contribution in [1.29, 1.82) is 0 Å². The van der Waals surface area contributed by atoms with E-state index >= 15 is 0 Å². The summed E-state index contributed by atoms with van der Waals surface area (Å²) in [6, 6.07) is 5.09. The van der Waals surface area contributed by atoms with E-state index in [4.69, 9.17) is 16.3 Å². The van der Waals surface area contributed by atoms with Crippen LogP contribution in [0.15, 0.2) is 18.2 Å². The SMILES string of the molecule is COc1ccc(Cl)cc1C(=O)N1CCNCC1.Cl. The van der Waals surface area contributed by atoms with Crippen molar-refractivity contribution in [1.82, 2.24) is 10.2 Å². The van der Waals surface area contributed by atoms with Crippen LogP contribution in [-0.4, -0.2) is 44.1 Å². The number of piperazine rings is 1. The molecular formula is C12H16Cl2N2O2. The van der Waals surface area contributed by atoms with Crippen molar-refractivity contribution >= 4 is 29.9 Å². The van der Waals surface area contributed by atoms with Crippen molar-refractivity contribution in [2.24, 2.45) is 0 Å². The molecule has 0 unspecified atom stereocenters. The zero-order valence-corrected chi connectivity index (χ0v) is 11.7. The number of hydrogen-bond acceptors (Lipinski definition) is 3. The van der Waals surface area contributed by atoms with Gasteiger partial charge in [0.25, 0.3) is 5.91 Å². The molecule has 1 aliphatic heterocycles. The maximum atomic E-state index is 12.3. The zero-order valence-electron chi connectivity index (χ0n) is 10.1. The van der Waals surface area contributed by atoms with Crippen molar-refractivity contribution in [2.45, 2.75) is 0 Å². The molecule has 100 valence electrons. The quantitative estimate of drug-likeness (QED) is 0.903. The van der Waals surface area contributed by atoms with Gasteiger partial charge in [-0.2, -0.15) is 0 Å². The fourth-order valence-corrected chi connectivity index (χ4v) is 2.06. The third-order valence-electron chi connectivity index (χ3n) is 2.80. The van der Waals surface area contributed by atoms with E-state index in [1.54, 1.807) is 25.3 Å². The number of ether oxygens (including phenoxy) is 1. The van der Waals surface area contributed by atoms with E-state index in [2.05, 4.69) is 5.32 Å². The van der Waals surface area contributed by atoms with Crippen molar-refractivity contribution < 1.29 is 9.53 Å². The highest BCUT2D eigenvalue weighted by Gasteiger charge is 2.21. The van der Waals surface area contributed by atoms with Crippen LogP contribution in [0.2, 0.25) is 5.02 Å². The van der Waals surface area contributed by atoms with Gasteiger partial charge in [0.15, 0.2) is 0 Å². The third-order valence-corrected chi connectivity index (χ3v) is 3.03. The summed E-state index contributed by atoms with van der Waals surface area (Å²) in [6.07, 6.45) is 0. The smallest absolute Gasteiger partial charge is 0.257 e. The monoisotopic (exact) mass is 290 g/mol. The molecule has 1 N–H and O–H groups in total. The molecule has 1 aromatic rings. The summed E-state index contributed by atoms with van der Waals surface area (Å²) in [5.74, 6) is 0.545. The summed E-state index contributed by atoms with van der Waals surface area (Å²) < 4.78 is 5.19. The van der Waals surface area contributed by atoms with Crippen LogP contribution in [0.25, 0.3) is 0 Å². The number of rotatable bonds is 2. The topological polar surface area (TPSA) is 41.6 Å². The first-order valence-corrected chi connectivity index (χ1v) is 5.93. The normalized spacial score (nSPS) is 14.9. The Morgan fingerprint density at radius 3 is 2.67 bits per heavy atom. The van der Waals surface area contributed by atoms with E-state index in [1.165, 1.54) is 0 Å². The van der Waals surface area contributed by atoms with Crippen molar-refractivity contribution in [3.63, 3.8) is 0 Å². The summed E-state index contributed by atoms with van der Waals surface area (Å²) in [6.45, 7) is 3.09. The van der Waals surface area contributed by atoms with Crippen molar-refractivity contribution in [3.8, 4) is 5.75 Å². The first-order valence-electron chi connectivity index (χ1n) is 5.56. The fraction of sp³-hybridized carbons (Fsp3) is 0.417. The number of hydrogen-bond donors (Lipinski definition) is 1. The molecule has 0 bridgehead atoms. The van der Waals surface area contributed by atoms with Crippen LogP contribution in [0.1, 0.15) is 10.4 Å². The minimum Gasteiger partial charge on any atom is -0.496 e. The van der Waals surface area contributed by atoms with Crippen LogP contribution in [0, 0.1) is 0 Å². The van der Waals surface area contributed by atoms with Gasteiger partial charge in [-0.25, -0.2) is 0 Å². The Labute approximate surface area is 118 Å². The molecule has 1 heterocycles. The minimum atomic E-state index is -0.0224. The molecule has 6 heteroatoms. The van der Waals surface area contributed by atoms with Gasteiger partial charge < -0.3 is 15.0 Å². The lowest BCUT2D eigenvalue weighted by Gasteiger charge is -2.28. The van der Waals surface area contributed by atoms with Gasteiger partial charge in [0, 0.05) is 31.2 Å². The van der Waals surface area contributed by atoms with Gasteiger partial charge in [-0.15, -0.1) is 12.4 Å². The van der Waals surface area contributed by atoms with Crippen LogP contribution in [0.5, 0.6) is 5.75 Å². The number of carbonyl (C=O) groups is 1. The highest BCUT2D eigenvalue weighted by molar-refractivity contribution is 6.31. The second-order valence-corrected chi connectivity index (χ2v) is 4.32. The summed E-state index contributed by atoms with van der Waals surface area (Å²) in [5.41, 5.74) is 0.530. The zero-order chi connectivity index (χ0) is 12.3. The fourth-order valence-electron chi connectivity index (χ4n) is 1.89. The highest BCUT2D eigenvalue weighted by atomic mass is 35.5. The Morgan fingerprint density at radius 2 is 2.06 bits per heavy atom. The molecule has 0 saturated carbocycles. The molecule has 1 saturated heterocycles. The van der Waals surface area contributed by atoms with Crippen molar-refractivity contribution in [3.05, 3.63) is 28.8 Å². The number of halogens is 2. The van der Waals surface area contributed by atoms with E-state index in [-0.39, 0.29) is 18.3 Å². The summed E-state index contributed by atoms with van der Waals surface area (Å²) >= 11 is 5.92. The molecular weight excluding hydrogens is 275 g/mol. The molecule has 0 atom stereocenters. The maximum absolute atomic E-state index is 12.3. The molecule has 0 radical (unpaired) electrons. The highest BCUT2D eigenvalue weighted by Crippen LogP contribution is 2.24. The lowest BCUT2D eigenvalue weighted by atomic mass is 10.1. The molecule has 0 aliphatic carbocycles. The number of methoxy groups -OCH3 is 1. The van der Waals surface area contributed by atoms with Crippen LogP contribution in [-0.2, 0) is 0 Å². The predicted octanol–water partition coefficient (Wildman–Crippen LogP) is 1.82. The molecule has 1 fully saturated rings. The summed E-state index contributed by atoms with van der Waals surface area (Å²) in [5, 5.41) is 3.76. The van der Waals surface area contributed by atoms with E-state index < -0.39 is 0 Å². The molecule has 0 spiro atoms. The second kappa shape index (κ2) is 6.83. The van der Waals surface area contributed by atoms with Crippen LogP contribution in [0.3, 0.4) is 0 Å². The standard InChI is InChI=1S/C12H15ClN2O2.ClH/c1-17-11-3-2-9(13)8-10(11)12(16)15-6-4-14-5-7-15;/h2-3,8,14H,4-7H2,1H3;1H. The van der Waals surface area contributed by atoms with E-state index in [9.17, 15) is 4.79 Å². The Hall–Kier alpha value is -0.970. The van der Waals surface area contributed by atoms with Crippen LogP contribution in [0.4, 0.5) is 0 Å². The summed E-state index contributed by atoms with van der Waals surface area (Å²) in [7, 11) is 1.55.